The number of carbonyl (C=O) groups excluding carboxylic acids is 1. The van der Waals surface area contributed by atoms with Crippen LogP contribution in [0.1, 0.15) is 37.0 Å². The maximum atomic E-state index is 13.5. The van der Waals surface area contributed by atoms with E-state index in [1.54, 1.807) is 12.1 Å². The number of benzene rings is 2. The fourth-order valence-corrected chi connectivity index (χ4v) is 3.19. The van der Waals surface area contributed by atoms with Crippen molar-refractivity contribution in [2.24, 2.45) is 5.16 Å². The number of urea groups is 1. The molecule has 0 fully saturated rings. The number of hydrogen-bond donors (Lipinski definition) is 1. The van der Waals surface area contributed by atoms with Crippen LogP contribution in [0.4, 0.5) is 22.4 Å². The zero-order valence-electron chi connectivity index (χ0n) is 17.1. The zero-order chi connectivity index (χ0) is 22.6. The third-order valence-corrected chi connectivity index (χ3v) is 4.67. The van der Waals surface area contributed by atoms with Crippen molar-refractivity contribution in [2.75, 3.05) is 6.54 Å². The van der Waals surface area contributed by atoms with E-state index >= 15 is 0 Å². The molecule has 31 heavy (non-hydrogen) atoms. The quantitative estimate of drug-likeness (QED) is 0.650. The average molecular weight is 437 g/mol. The lowest BCUT2D eigenvalue weighted by atomic mass is 10.0. The van der Waals surface area contributed by atoms with Crippen molar-refractivity contribution in [3.8, 4) is 0 Å². The van der Waals surface area contributed by atoms with Gasteiger partial charge in [-0.15, -0.1) is 0 Å². The van der Waals surface area contributed by atoms with Crippen LogP contribution in [0.3, 0.4) is 0 Å². The molecule has 1 unspecified atom stereocenters. The Balaban J connectivity index is 1.69. The summed E-state index contributed by atoms with van der Waals surface area (Å²) in [5.41, 5.74) is 0.976. The number of nitrogens with zero attached hydrogens (tertiary/aromatic N) is 2. The highest BCUT2D eigenvalue weighted by Crippen LogP contribution is 2.29. The molecule has 1 aliphatic rings. The molecule has 0 aromatic heterocycles. The summed E-state index contributed by atoms with van der Waals surface area (Å²) in [5.74, 6) is -0.385. The molecule has 0 saturated carbocycles. The van der Waals surface area contributed by atoms with Crippen LogP contribution in [0, 0.1) is 5.82 Å². The molecular formula is C22H23F4N3O2. The molecule has 2 amide bonds. The SMILES string of the molecule is CC(C)NC(=O)N(Cc1ccc(C(F)(F)F)cc1)CC1CC(c2cccc(F)c2)=NO1. The van der Waals surface area contributed by atoms with Crippen molar-refractivity contribution in [1.29, 1.82) is 0 Å². The van der Waals surface area contributed by atoms with Crippen LogP contribution in [0.5, 0.6) is 0 Å². The monoisotopic (exact) mass is 437 g/mol. The van der Waals surface area contributed by atoms with E-state index in [1.807, 2.05) is 13.8 Å². The highest BCUT2D eigenvalue weighted by molar-refractivity contribution is 6.01. The molecule has 0 aliphatic carbocycles. The number of oxime groups is 1. The van der Waals surface area contributed by atoms with E-state index in [9.17, 15) is 22.4 Å². The smallest absolute Gasteiger partial charge is 0.390 e. The molecule has 9 heteroatoms. The van der Waals surface area contributed by atoms with Gasteiger partial charge < -0.3 is 15.1 Å². The molecule has 1 atom stereocenters. The molecule has 5 nitrogen and oxygen atoms in total. The van der Waals surface area contributed by atoms with Gasteiger partial charge in [-0.25, -0.2) is 9.18 Å². The first kappa shape index (κ1) is 22.6. The maximum absolute atomic E-state index is 13.5. The molecule has 166 valence electrons. The van der Waals surface area contributed by atoms with Crippen molar-refractivity contribution in [2.45, 2.75) is 45.1 Å². The summed E-state index contributed by atoms with van der Waals surface area (Å²) in [4.78, 5) is 19.6. The van der Waals surface area contributed by atoms with Crippen LogP contribution < -0.4 is 5.32 Å². The second-order valence-electron chi connectivity index (χ2n) is 7.66. The number of alkyl halides is 3. The molecule has 1 N–H and O–H groups in total. The van der Waals surface area contributed by atoms with Gasteiger partial charge in [-0.3, -0.25) is 0 Å². The molecule has 2 aromatic rings. The Kier molecular flexibility index (Phi) is 6.82. The van der Waals surface area contributed by atoms with E-state index in [4.69, 9.17) is 4.84 Å². The van der Waals surface area contributed by atoms with Crippen molar-refractivity contribution < 1.29 is 27.2 Å². The topological polar surface area (TPSA) is 53.9 Å². The van der Waals surface area contributed by atoms with Gasteiger partial charge in [0.25, 0.3) is 0 Å². The highest BCUT2D eigenvalue weighted by atomic mass is 19.4. The lowest BCUT2D eigenvalue weighted by molar-refractivity contribution is -0.137. The van der Waals surface area contributed by atoms with Gasteiger partial charge in [-0.2, -0.15) is 13.2 Å². The van der Waals surface area contributed by atoms with Gasteiger partial charge in [0.15, 0.2) is 6.10 Å². The molecule has 0 bridgehead atoms. The number of hydrogen-bond acceptors (Lipinski definition) is 3. The fourth-order valence-electron chi connectivity index (χ4n) is 3.19. The molecule has 0 spiro atoms. The van der Waals surface area contributed by atoms with E-state index in [0.717, 1.165) is 12.1 Å². The first-order chi connectivity index (χ1) is 14.6. The van der Waals surface area contributed by atoms with Crippen LogP contribution in [0.2, 0.25) is 0 Å². The van der Waals surface area contributed by atoms with Gasteiger partial charge in [-0.1, -0.05) is 29.4 Å². The number of rotatable bonds is 6. The predicted molar refractivity (Wildman–Crippen MR) is 108 cm³/mol. The third-order valence-electron chi connectivity index (χ3n) is 4.67. The Morgan fingerprint density at radius 3 is 2.55 bits per heavy atom. The fraction of sp³-hybridized carbons (Fsp3) is 0.364. The van der Waals surface area contributed by atoms with Crippen LogP contribution in [0.15, 0.2) is 53.7 Å². The Labute approximate surface area is 177 Å². The minimum Gasteiger partial charge on any atom is -0.390 e. The first-order valence-electron chi connectivity index (χ1n) is 9.82. The molecule has 2 aromatic carbocycles. The largest absolute Gasteiger partial charge is 0.416 e. The van der Waals surface area contributed by atoms with Crippen molar-refractivity contribution >= 4 is 11.7 Å². The van der Waals surface area contributed by atoms with E-state index in [-0.39, 0.29) is 31.0 Å². The van der Waals surface area contributed by atoms with Gasteiger partial charge in [-0.05, 0) is 43.7 Å². The lowest BCUT2D eigenvalue weighted by Crippen LogP contribution is -2.45. The van der Waals surface area contributed by atoms with Gasteiger partial charge in [0.2, 0.25) is 0 Å². The van der Waals surface area contributed by atoms with E-state index < -0.39 is 17.8 Å². The minimum atomic E-state index is -4.42. The second kappa shape index (κ2) is 9.36. The minimum absolute atomic E-state index is 0.103. The molecule has 1 aliphatic heterocycles. The normalized spacial score (nSPS) is 16.1. The summed E-state index contributed by atoms with van der Waals surface area (Å²) in [6.07, 6.45) is -4.50. The summed E-state index contributed by atoms with van der Waals surface area (Å²) in [5, 5.41) is 6.80. The Morgan fingerprint density at radius 1 is 1.23 bits per heavy atom. The molecule has 3 rings (SSSR count). The molecular weight excluding hydrogens is 414 g/mol. The average Bonchev–Trinajstić information content (AvgIpc) is 3.15. The standard InChI is InChI=1S/C22H23F4N3O2/c1-14(2)27-21(30)29(12-15-6-8-17(9-7-15)22(24,25)26)13-19-11-20(28-31-19)16-4-3-5-18(23)10-16/h3-10,14,19H,11-13H2,1-2H3,(H,27,30). The molecule has 0 saturated heterocycles. The zero-order valence-corrected chi connectivity index (χ0v) is 17.1. The number of carbonyl (C=O) groups is 1. The van der Waals surface area contributed by atoms with Crippen LogP contribution in [-0.4, -0.2) is 35.3 Å². The Morgan fingerprint density at radius 2 is 1.94 bits per heavy atom. The van der Waals surface area contributed by atoms with E-state index in [0.29, 0.717) is 23.3 Å². The van der Waals surface area contributed by atoms with Gasteiger partial charge in [0.1, 0.15) is 5.82 Å². The van der Waals surface area contributed by atoms with Crippen LogP contribution >= 0.6 is 0 Å². The highest BCUT2D eigenvalue weighted by Gasteiger charge is 2.31. The van der Waals surface area contributed by atoms with E-state index in [1.165, 1.54) is 29.2 Å². The number of halogens is 4. The van der Waals surface area contributed by atoms with E-state index in [2.05, 4.69) is 10.5 Å². The first-order valence-corrected chi connectivity index (χ1v) is 9.82. The van der Waals surface area contributed by atoms with Crippen LogP contribution in [0.25, 0.3) is 0 Å². The number of amides is 2. The van der Waals surface area contributed by atoms with Crippen molar-refractivity contribution in [3.63, 3.8) is 0 Å². The summed E-state index contributed by atoms with van der Waals surface area (Å²) >= 11 is 0. The summed E-state index contributed by atoms with van der Waals surface area (Å²) in [6, 6.07) is 10.2. The summed E-state index contributed by atoms with van der Waals surface area (Å²) in [7, 11) is 0. The van der Waals surface area contributed by atoms with Crippen molar-refractivity contribution in [3.05, 3.63) is 71.0 Å². The second-order valence-corrected chi connectivity index (χ2v) is 7.66. The van der Waals surface area contributed by atoms with Crippen LogP contribution in [-0.2, 0) is 17.6 Å². The summed E-state index contributed by atoms with van der Waals surface area (Å²) in [6.45, 7) is 3.89. The predicted octanol–water partition coefficient (Wildman–Crippen LogP) is 4.96. The Hall–Kier alpha value is -3.10. The summed E-state index contributed by atoms with van der Waals surface area (Å²) < 4.78 is 51.9. The van der Waals surface area contributed by atoms with Gasteiger partial charge >= 0.3 is 12.2 Å². The van der Waals surface area contributed by atoms with Crippen molar-refractivity contribution in [1.82, 2.24) is 10.2 Å². The number of nitrogens with one attached hydrogen (secondary N) is 1. The third kappa shape index (κ3) is 6.19. The molecule has 0 radical (unpaired) electrons. The van der Waals surface area contributed by atoms with Gasteiger partial charge in [0, 0.05) is 24.6 Å². The maximum Gasteiger partial charge on any atom is 0.416 e. The molecule has 1 heterocycles. The Bertz CT molecular complexity index is 943. The lowest BCUT2D eigenvalue weighted by Gasteiger charge is -2.26. The van der Waals surface area contributed by atoms with Gasteiger partial charge in [0.05, 0.1) is 17.8 Å².